The molecular weight excluding hydrogens is 359 g/mol. The number of amides is 2. The van der Waals surface area contributed by atoms with E-state index in [1.54, 1.807) is 32.9 Å². The number of hydrazine groups is 1. The summed E-state index contributed by atoms with van der Waals surface area (Å²) in [4.78, 5) is 23.7. The van der Waals surface area contributed by atoms with Gasteiger partial charge in [-0.1, -0.05) is 12.1 Å². The summed E-state index contributed by atoms with van der Waals surface area (Å²) in [6, 6.07) is 7.13. The predicted molar refractivity (Wildman–Crippen MR) is 80.6 cm³/mol. The van der Waals surface area contributed by atoms with Crippen molar-refractivity contribution in [3.8, 4) is 0 Å². The van der Waals surface area contributed by atoms with Crippen LogP contribution in [0.5, 0.6) is 0 Å². The number of nitrogens with one attached hydrogen (secondary N) is 1. The van der Waals surface area contributed by atoms with Crippen LogP contribution in [0.3, 0.4) is 0 Å². The van der Waals surface area contributed by atoms with Crippen LogP contribution in [-0.4, -0.2) is 29.7 Å². The third kappa shape index (κ3) is 5.06. The van der Waals surface area contributed by atoms with Crippen molar-refractivity contribution in [3.05, 3.63) is 33.4 Å². The summed E-state index contributed by atoms with van der Waals surface area (Å²) in [7, 11) is 1.45. The van der Waals surface area contributed by atoms with Gasteiger partial charge in [-0.05, 0) is 55.5 Å². The van der Waals surface area contributed by atoms with Crippen LogP contribution in [0.2, 0.25) is 0 Å². The van der Waals surface area contributed by atoms with Crippen molar-refractivity contribution >= 4 is 34.6 Å². The van der Waals surface area contributed by atoms with Crippen LogP contribution in [0.25, 0.3) is 0 Å². The molecule has 0 saturated heterocycles. The predicted octanol–water partition coefficient (Wildman–Crippen LogP) is 2.80. The normalized spacial score (nSPS) is 10.8. The fourth-order valence-corrected chi connectivity index (χ4v) is 1.87. The Morgan fingerprint density at radius 3 is 2.37 bits per heavy atom. The Morgan fingerprint density at radius 1 is 1.26 bits per heavy atom. The summed E-state index contributed by atoms with van der Waals surface area (Å²) in [6.45, 7) is 5.29. The molecule has 0 fully saturated rings. The van der Waals surface area contributed by atoms with Gasteiger partial charge in [-0.2, -0.15) is 0 Å². The fourth-order valence-electron chi connectivity index (χ4n) is 1.23. The van der Waals surface area contributed by atoms with E-state index in [-0.39, 0.29) is 5.91 Å². The molecule has 5 nitrogen and oxygen atoms in total. The number of hydrogen-bond acceptors (Lipinski definition) is 3. The summed E-state index contributed by atoms with van der Waals surface area (Å²) in [5.41, 5.74) is 2.39. The van der Waals surface area contributed by atoms with Crippen LogP contribution in [0.1, 0.15) is 31.1 Å². The fraction of sp³-hybridized carbons (Fsp3) is 0.385. The Morgan fingerprint density at radius 2 is 1.84 bits per heavy atom. The second-order valence-corrected chi connectivity index (χ2v) is 6.12. The zero-order valence-corrected chi connectivity index (χ0v) is 13.5. The van der Waals surface area contributed by atoms with Crippen LogP contribution < -0.4 is 5.43 Å². The molecule has 0 unspecified atom stereocenters. The van der Waals surface area contributed by atoms with Crippen molar-refractivity contribution in [2.45, 2.75) is 26.4 Å². The van der Waals surface area contributed by atoms with Crippen molar-refractivity contribution in [3.63, 3.8) is 0 Å². The van der Waals surface area contributed by atoms with Crippen LogP contribution in [0.4, 0.5) is 4.79 Å². The number of carbonyl (C=O) groups is 2. The maximum absolute atomic E-state index is 12.0. The van der Waals surface area contributed by atoms with Crippen LogP contribution in [-0.2, 0) is 4.74 Å². The molecule has 1 N–H and O–H groups in total. The maximum atomic E-state index is 12.0. The van der Waals surface area contributed by atoms with E-state index in [0.29, 0.717) is 5.56 Å². The number of hydrogen-bond donors (Lipinski definition) is 1. The van der Waals surface area contributed by atoms with Crippen LogP contribution in [0, 0.1) is 3.57 Å². The molecule has 0 aliphatic carbocycles. The second-order valence-electron chi connectivity index (χ2n) is 4.96. The number of carbonyl (C=O) groups excluding carboxylic acids is 2. The summed E-state index contributed by atoms with van der Waals surface area (Å²) in [5.74, 6) is -0.349. The first-order valence-corrected chi connectivity index (χ1v) is 6.81. The average Bonchev–Trinajstić information content (AvgIpc) is 2.27. The van der Waals surface area contributed by atoms with Gasteiger partial charge >= 0.3 is 6.09 Å². The van der Waals surface area contributed by atoms with Gasteiger partial charge in [0.05, 0.1) is 5.56 Å². The van der Waals surface area contributed by atoms with Gasteiger partial charge in [0.15, 0.2) is 0 Å². The lowest BCUT2D eigenvalue weighted by Crippen LogP contribution is -2.45. The second kappa shape index (κ2) is 6.23. The molecule has 0 aromatic heterocycles. The molecule has 0 bridgehead atoms. The molecule has 1 aromatic carbocycles. The Bertz CT molecular complexity index is 483. The minimum Gasteiger partial charge on any atom is -0.442 e. The van der Waals surface area contributed by atoms with Gasteiger partial charge in [-0.25, -0.2) is 9.80 Å². The summed E-state index contributed by atoms with van der Waals surface area (Å²) >= 11 is 2.07. The van der Waals surface area contributed by atoms with Crippen molar-refractivity contribution < 1.29 is 14.3 Å². The highest BCUT2D eigenvalue weighted by atomic mass is 127. The van der Waals surface area contributed by atoms with Gasteiger partial charge in [-0.15, -0.1) is 0 Å². The molecular formula is C13H17IN2O3. The third-order valence-electron chi connectivity index (χ3n) is 2.06. The minimum atomic E-state index is -0.605. The van der Waals surface area contributed by atoms with E-state index < -0.39 is 11.7 Å². The highest BCUT2D eigenvalue weighted by Crippen LogP contribution is 2.12. The topological polar surface area (TPSA) is 58.6 Å². The van der Waals surface area contributed by atoms with Crippen molar-refractivity contribution in [2.75, 3.05) is 7.05 Å². The van der Waals surface area contributed by atoms with E-state index in [4.69, 9.17) is 4.74 Å². The van der Waals surface area contributed by atoms with Gasteiger partial charge < -0.3 is 4.74 Å². The Labute approximate surface area is 126 Å². The van der Waals surface area contributed by atoms with Crippen LogP contribution >= 0.6 is 22.6 Å². The number of benzene rings is 1. The number of halogens is 1. The highest BCUT2D eigenvalue weighted by molar-refractivity contribution is 14.1. The molecule has 1 rings (SSSR count). The first kappa shape index (κ1) is 15.7. The third-order valence-corrected chi connectivity index (χ3v) is 3.00. The van der Waals surface area contributed by atoms with Crippen LogP contribution in [0.15, 0.2) is 24.3 Å². The first-order chi connectivity index (χ1) is 8.70. The van der Waals surface area contributed by atoms with E-state index in [2.05, 4.69) is 28.0 Å². The molecule has 0 spiro atoms. The molecule has 0 heterocycles. The zero-order chi connectivity index (χ0) is 14.6. The molecule has 1 aromatic rings. The molecule has 0 saturated carbocycles. The zero-order valence-electron chi connectivity index (χ0n) is 11.4. The standard InChI is InChI=1S/C13H17IN2O3/c1-13(2,3)19-12(18)16(4)15-11(17)9-7-5-6-8-10(9)14/h5-8H,1-4H3,(H,15,17). The Balaban J connectivity index is 2.67. The number of ether oxygens (including phenoxy) is 1. The Kier molecular flexibility index (Phi) is 5.16. The molecule has 6 heteroatoms. The van der Waals surface area contributed by atoms with E-state index >= 15 is 0 Å². The molecule has 0 aliphatic heterocycles. The SMILES string of the molecule is CN(NC(=O)c1ccccc1I)C(=O)OC(C)(C)C. The van der Waals surface area contributed by atoms with Crippen molar-refractivity contribution in [1.29, 1.82) is 0 Å². The van der Waals surface area contributed by atoms with Gasteiger partial charge in [0.2, 0.25) is 0 Å². The lowest BCUT2D eigenvalue weighted by molar-refractivity contribution is 0.0195. The molecule has 19 heavy (non-hydrogen) atoms. The van der Waals surface area contributed by atoms with Gasteiger partial charge in [-0.3, -0.25) is 10.2 Å². The summed E-state index contributed by atoms with van der Waals surface area (Å²) in [6.07, 6.45) is -0.605. The molecule has 104 valence electrons. The minimum absolute atomic E-state index is 0.349. The largest absolute Gasteiger partial charge is 0.442 e. The van der Waals surface area contributed by atoms with Crippen molar-refractivity contribution in [1.82, 2.24) is 10.4 Å². The monoisotopic (exact) mass is 376 g/mol. The lowest BCUT2D eigenvalue weighted by atomic mass is 10.2. The van der Waals surface area contributed by atoms with E-state index in [1.807, 2.05) is 12.1 Å². The lowest BCUT2D eigenvalue weighted by Gasteiger charge is -2.24. The Hall–Kier alpha value is -1.31. The van der Waals surface area contributed by atoms with Gasteiger partial charge in [0.1, 0.15) is 5.60 Å². The average molecular weight is 376 g/mol. The molecule has 0 radical (unpaired) electrons. The van der Waals surface area contributed by atoms with E-state index in [0.717, 1.165) is 8.58 Å². The molecule has 2 amide bonds. The first-order valence-electron chi connectivity index (χ1n) is 5.73. The van der Waals surface area contributed by atoms with Gasteiger partial charge in [0.25, 0.3) is 5.91 Å². The summed E-state index contributed by atoms with van der Waals surface area (Å²) < 4.78 is 5.95. The number of nitrogens with zero attached hydrogens (tertiary/aromatic N) is 1. The summed E-state index contributed by atoms with van der Waals surface area (Å²) in [5, 5.41) is 1.04. The quantitative estimate of drug-likeness (QED) is 0.606. The van der Waals surface area contributed by atoms with Crippen molar-refractivity contribution in [2.24, 2.45) is 0 Å². The van der Waals surface area contributed by atoms with E-state index in [1.165, 1.54) is 7.05 Å². The maximum Gasteiger partial charge on any atom is 0.428 e. The smallest absolute Gasteiger partial charge is 0.428 e. The molecule has 0 aliphatic rings. The molecule has 0 atom stereocenters. The van der Waals surface area contributed by atoms with E-state index in [9.17, 15) is 9.59 Å². The highest BCUT2D eigenvalue weighted by Gasteiger charge is 2.21. The van der Waals surface area contributed by atoms with Gasteiger partial charge in [0, 0.05) is 10.6 Å². The number of rotatable bonds is 1.